The van der Waals surface area contributed by atoms with Crippen LogP contribution in [0.5, 0.6) is 0 Å². The van der Waals surface area contributed by atoms with Crippen LogP contribution in [0.15, 0.2) is 30.3 Å². The Morgan fingerprint density at radius 2 is 2.00 bits per heavy atom. The van der Waals surface area contributed by atoms with Gasteiger partial charge in [-0.2, -0.15) is 10.2 Å². The highest BCUT2D eigenvalue weighted by atomic mass is 15.2. The number of fused-ring (bicyclic) bond motifs is 1. The van der Waals surface area contributed by atoms with Crippen molar-refractivity contribution in [3.63, 3.8) is 0 Å². The molecule has 0 aliphatic heterocycles. The van der Waals surface area contributed by atoms with E-state index < -0.39 is 0 Å². The molecule has 0 fully saturated rings. The fourth-order valence-corrected chi connectivity index (χ4v) is 3.12. The first-order chi connectivity index (χ1) is 10.8. The molecule has 1 aliphatic rings. The van der Waals surface area contributed by atoms with Crippen molar-refractivity contribution in [3.8, 4) is 11.5 Å². The van der Waals surface area contributed by atoms with E-state index in [1.54, 1.807) is 0 Å². The number of benzene rings is 1. The molecule has 0 saturated heterocycles. The standard InChI is InChI=1S/C17H19N5/c1-11-7-8-14-13(9-11)16(21-19-14)17-18-15(20-22-17)10-12-5-3-2-4-6-12/h2-6,11H,7-10H2,1H3,(H,19,21)(H,18,20,22)/t11-/m0/s1. The van der Waals surface area contributed by atoms with Crippen molar-refractivity contribution in [1.29, 1.82) is 0 Å². The third-order valence-electron chi connectivity index (χ3n) is 4.35. The van der Waals surface area contributed by atoms with E-state index in [9.17, 15) is 0 Å². The molecule has 1 atom stereocenters. The first-order valence-electron chi connectivity index (χ1n) is 7.81. The summed E-state index contributed by atoms with van der Waals surface area (Å²) in [6.07, 6.45) is 4.12. The smallest absolute Gasteiger partial charge is 0.201 e. The van der Waals surface area contributed by atoms with Gasteiger partial charge < -0.3 is 0 Å². The Balaban J connectivity index is 1.61. The molecule has 0 unspecified atom stereocenters. The highest BCUT2D eigenvalue weighted by Crippen LogP contribution is 2.30. The second-order valence-corrected chi connectivity index (χ2v) is 6.15. The minimum atomic E-state index is 0.701. The molecule has 5 nitrogen and oxygen atoms in total. The zero-order valence-electron chi connectivity index (χ0n) is 12.6. The number of nitrogens with one attached hydrogen (secondary N) is 2. The molecule has 0 saturated carbocycles. The second-order valence-electron chi connectivity index (χ2n) is 6.15. The van der Waals surface area contributed by atoms with Crippen LogP contribution >= 0.6 is 0 Å². The summed E-state index contributed by atoms with van der Waals surface area (Å²) in [4.78, 5) is 4.63. The SMILES string of the molecule is C[C@H]1CCc2[nH]nc(-c3n[nH]c(Cc4ccccc4)n3)c2C1. The van der Waals surface area contributed by atoms with Crippen LogP contribution < -0.4 is 0 Å². The van der Waals surface area contributed by atoms with E-state index in [-0.39, 0.29) is 0 Å². The van der Waals surface area contributed by atoms with Gasteiger partial charge in [0, 0.05) is 17.7 Å². The lowest BCUT2D eigenvalue weighted by molar-refractivity contribution is 0.498. The van der Waals surface area contributed by atoms with E-state index in [2.05, 4.69) is 44.4 Å². The van der Waals surface area contributed by atoms with Gasteiger partial charge in [0.25, 0.3) is 0 Å². The highest BCUT2D eigenvalue weighted by molar-refractivity contribution is 5.56. The van der Waals surface area contributed by atoms with Gasteiger partial charge in [0.1, 0.15) is 11.5 Å². The number of hydrogen-bond acceptors (Lipinski definition) is 3. The van der Waals surface area contributed by atoms with Crippen molar-refractivity contribution in [2.24, 2.45) is 5.92 Å². The average Bonchev–Trinajstić information content (AvgIpc) is 3.14. The predicted octanol–water partition coefficient (Wildman–Crippen LogP) is 2.91. The Morgan fingerprint density at radius 3 is 2.86 bits per heavy atom. The van der Waals surface area contributed by atoms with Crippen LogP contribution in [-0.4, -0.2) is 25.4 Å². The molecule has 0 radical (unpaired) electrons. The van der Waals surface area contributed by atoms with Crippen LogP contribution in [0.25, 0.3) is 11.5 Å². The van der Waals surface area contributed by atoms with Crippen molar-refractivity contribution in [2.75, 3.05) is 0 Å². The summed E-state index contributed by atoms with van der Waals surface area (Å²) < 4.78 is 0. The Morgan fingerprint density at radius 1 is 1.14 bits per heavy atom. The van der Waals surface area contributed by atoms with Crippen LogP contribution in [0.4, 0.5) is 0 Å². The van der Waals surface area contributed by atoms with Gasteiger partial charge in [0.15, 0.2) is 0 Å². The molecular formula is C17H19N5. The summed E-state index contributed by atoms with van der Waals surface area (Å²) in [6.45, 7) is 2.29. The summed E-state index contributed by atoms with van der Waals surface area (Å²) in [5.41, 5.74) is 4.69. The maximum atomic E-state index is 4.63. The molecule has 1 aliphatic carbocycles. The van der Waals surface area contributed by atoms with Gasteiger partial charge in [-0.15, -0.1) is 0 Å². The lowest BCUT2D eigenvalue weighted by atomic mass is 9.88. The van der Waals surface area contributed by atoms with E-state index in [1.807, 2.05) is 18.2 Å². The Labute approximate surface area is 129 Å². The number of aromatic nitrogens is 5. The molecule has 0 bridgehead atoms. The zero-order valence-corrected chi connectivity index (χ0v) is 12.6. The fraction of sp³-hybridized carbons (Fsp3) is 0.353. The Kier molecular flexibility index (Phi) is 3.25. The normalized spacial score (nSPS) is 17.4. The maximum Gasteiger partial charge on any atom is 0.201 e. The fourth-order valence-electron chi connectivity index (χ4n) is 3.12. The van der Waals surface area contributed by atoms with Crippen LogP contribution in [0, 0.1) is 5.92 Å². The maximum absolute atomic E-state index is 4.63. The van der Waals surface area contributed by atoms with Gasteiger partial charge in [0.05, 0.1) is 0 Å². The number of hydrogen-bond donors (Lipinski definition) is 2. The Hall–Kier alpha value is -2.43. The van der Waals surface area contributed by atoms with Crippen LogP contribution in [0.2, 0.25) is 0 Å². The van der Waals surface area contributed by atoms with Gasteiger partial charge in [-0.25, -0.2) is 4.98 Å². The van der Waals surface area contributed by atoms with E-state index in [4.69, 9.17) is 0 Å². The van der Waals surface area contributed by atoms with Crippen LogP contribution in [0.1, 0.15) is 36.0 Å². The largest absolute Gasteiger partial charge is 0.282 e. The monoisotopic (exact) mass is 293 g/mol. The minimum Gasteiger partial charge on any atom is -0.282 e. The van der Waals surface area contributed by atoms with E-state index >= 15 is 0 Å². The van der Waals surface area contributed by atoms with Crippen molar-refractivity contribution >= 4 is 0 Å². The van der Waals surface area contributed by atoms with Crippen molar-refractivity contribution in [2.45, 2.75) is 32.6 Å². The summed E-state index contributed by atoms with van der Waals surface area (Å²) >= 11 is 0. The molecule has 0 amide bonds. The van der Waals surface area contributed by atoms with Crippen LogP contribution in [-0.2, 0) is 19.3 Å². The van der Waals surface area contributed by atoms with Crippen LogP contribution in [0.3, 0.4) is 0 Å². The summed E-state index contributed by atoms with van der Waals surface area (Å²) in [7, 11) is 0. The summed E-state index contributed by atoms with van der Waals surface area (Å²) in [5, 5.41) is 15.0. The Bertz CT molecular complexity index is 771. The zero-order chi connectivity index (χ0) is 14.9. The quantitative estimate of drug-likeness (QED) is 0.780. The van der Waals surface area contributed by atoms with E-state index in [1.165, 1.54) is 23.2 Å². The molecule has 5 heteroatoms. The highest BCUT2D eigenvalue weighted by Gasteiger charge is 2.23. The predicted molar refractivity (Wildman–Crippen MR) is 84.4 cm³/mol. The minimum absolute atomic E-state index is 0.701. The third-order valence-corrected chi connectivity index (χ3v) is 4.35. The third kappa shape index (κ3) is 2.43. The number of aryl methyl sites for hydroxylation is 1. The van der Waals surface area contributed by atoms with E-state index in [0.29, 0.717) is 11.7 Å². The second kappa shape index (κ2) is 5.40. The van der Waals surface area contributed by atoms with Crippen molar-refractivity contribution in [1.82, 2.24) is 25.4 Å². The molecule has 0 spiro atoms. The molecule has 22 heavy (non-hydrogen) atoms. The molecule has 4 rings (SSSR count). The van der Waals surface area contributed by atoms with Gasteiger partial charge in [-0.05, 0) is 30.7 Å². The average molecular weight is 293 g/mol. The number of H-pyrrole nitrogens is 2. The first kappa shape index (κ1) is 13.2. The molecule has 2 N–H and O–H groups in total. The lowest BCUT2D eigenvalue weighted by Crippen LogP contribution is -2.10. The van der Waals surface area contributed by atoms with Crippen molar-refractivity contribution in [3.05, 3.63) is 53.0 Å². The summed E-state index contributed by atoms with van der Waals surface area (Å²) in [6, 6.07) is 10.3. The van der Waals surface area contributed by atoms with E-state index in [0.717, 1.165) is 30.8 Å². The molecule has 3 aromatic rings. The summed E-state index contributed by atoms with van der Waals surface area (Å²) in [5.74, 6) is 2.28. The lowest BCUT2D eigenvalue weighted by Gasteiger charge is -2.17. The van der Waals surface area contributed by atoms with Gasteiger partial charge >= 0.3 is 0 Å². The number of aromatic amines is 2. The molecule has 2 heterocycles. The molecular weight excluding hydrogens is 274 g/mol. The number of rotatable bonds is 3. The molecule has 112 valence electrons. The number of nitrogens with zero attached hydrogens (tertiary/aromatic N) is 3. The topological polar surface area (TPSA) is 70.2 Å². The van der Waals surface area contributed by atoms with Crippen molar-refractivity contribution < 1.29 is 0 Å². The van der Waals surface area contributed by atoms with Gasteiger partial charge in [-0.3, -0.25) is 10.2 Å². The van der Waals surface area contributed by atoms with Gasteiger partial charge in [-0.1, -0.05) is 37.3 Å². The van der Waals surface area contributed by atoms with Gasteiger partial charge in [0.2, 0.25) is 5.82 Å². The first-order valence-corrected chi connectivity index (χ1v) is 7.81. The molecule has 1 aromatic carbocycles. The molecule has 2 aromatic heterocycles.